The quantitative estimate of drug-likeness (QED) is 0.458. The van der Waals surface area contributed by atoms with Crippen LogP contribution in [0.25, 0.3) is 0 Å². The van der Waals surface area contributed by atoms with Crippen LogP contribution < -0.4 is 20.7 Å². The van der Waals surface area contributed by atoms with Crippen molar-refractivity contribution in [2.45, 2.75) is 20.3 Å². The van der Waals surface area contributed by atoms with Crippen molar-refractivity contribution in [3.05, 3.63) is 59.7 Å². The lowest BCUT2D eigenvalue weighted by molar-refractivity contribution is 0.0944. The lowest BCUT2D eigenvalue weighted by Crippen LogP contribution is -2.35. The topological polar surface area (TPSA) is 99.7 Å². The Morgan fingerprint density at radius 1 is 1.07 bits per heavy atom. The summed E-state index contributed by atoms with van der Waals surface area (Å²) in [5.74, 6) is 0.544. The molecule has 0 heterocycles. The predicted molar refractivity (Wildman–Crippen MR) is 121 cm³/mol. The van der Waals surface area contributed by atoms with Crippen molar-refractivity contribution < 1.29 is 19.4 Å². The van der Waals surface area contributed by atoms with E-state index >= 15 is 0 Å². The number of ether oxygens (including phenoxy) is 1. The van der Waals surface area contributed by atoms with Crippen molar-refractivity contribution in [3.8, 4) is 5.75 Å². The number of hydrogen-bond acceptors (Lipinski definition) is 5. The first kappa shape index (κ1) is 23.3. The maximum atomic E-state index is 12.4. The molecular formula is C22H27N3O4S. The Hall–Kier alpha value is -2.97. The Bertz CT molecular complexity index is 869. The summed E-state index contributed by atoms with van der Waals surface area (Å²) in [4.78, 5) is 24.6. The van der Waals surface area contributed by atoms with Crippen LogP contribution in [-0.2, 0) is 0 Å². The molecule has 4 N–H and O–H groups in total. The van der Waals surface area contributed by atoms with Crippen LogP contribution in [-0.4, -0.2) is 41.8 Å². The molecule has 0 bridgehead atoms. The van der Waals surface area contributed by atoms with Gasteiger partial charge in [-0.2, -0.15) is 0 Å². The van der Waals surface area contributed by atoms with E-state index in [2.05, 4.69) is 29.8 Å². The van der Waals surface area contributed by atoms with E-state index in [0.29, 0.717) is 35.1 Å². The molecular weight excluding hydrogens is 402 g/mol. The maximum Gasteiger partial charge on any atom is 0.257 e. The van der Waals surface area contributed by atoms with E-state index in [-0.39, 0.29) is 30.1 Å². The Morgan fingerprint density at radius 2 is 1.77 bits per heavy atom. The minimum atomic E-state index is -0.372. The Morgan fingerprint density at radius 3 is 2.43 bits per heavy atom. The predicted octanol–water partition coefficient (Wildman–Crippen LogP) is 2.96. The summed E-state index contributed by atoms with van der Waals surface area (Å²) in [7, 11) is 0. The molecule has 2 aromatic carbocycles. The van der Waals surface area contributed by atoms with Crippen molar-refractivity contribution in [1.82, 2.24) is 10.6 Å². The average molecular weight is 430 g/mol. The van der Waals surface area contributed by atoms with Crippen molar-refractivity contribution in [2.75, 3.05) is 25.1 Å². The highest BCUT2D eigenvalue weighted by Gasteiger charge is 2.13. The third-order valence-electron chi connectivity index (χ3n) is 4.12. The molecule has 0 atom stereocenters. The number of thiocarbonyl (C=S) groups is 1. The first-order chi connectivity index (χ1) is 14.4. The fourth-order valence-electron chi connectivity index (χ4n) is 2.50. The Balaban J connectivity index is 1.94. The van der Waals surface area contributed by atoms with E-state index in [1.165, 1.54) is 0 Å². The summed E-state index contributed by atoms with van der Waals surface area (Å²) < 4.78 is 5.65. The number of aliphatic hydroxyl groups excluding tert-OH is 1. The molecule has 0 unspecified atom stereocenters. The van der Waals surface area contributed by atoms with Gasteiger partial charge in [-0.3, -0.25) is 14.9 Å². The molecule has 0 aromatic heterocycles. The van der Waals surface area contributed by atoms with Gasteiger partial charge >= 0.3 is 0 Å². The van der Waals surface area contributed by atoms with Crippen molar-refractivity contribution >= 4 is 34.8 Å². The second kappa shape index (κ2) is 11.9. The summed E-state index contributed by atoms with van der Waals surface area (Å²) in [5, 5.41) is 17.0. The van der Waals surface area contributed by atoms with Gasteiger partial charge in [0.1, 0.15) is 5.75 Å². The smallest absolute Gasteiger partial charge is 0.257 e. The number of benzene rings is 2. The fourth-order valence-corrected chi connectivity index (χ4v) is 2.70. The molecule has 0 saturated heterocycles. The highest BCUT2D eigenvalue weighted by Crippen LogP contribution is 2.16. The van der Waals surface area contributed by atoms with Crippen molar-refractivity contribution in [3.63, 3.8) is 0 Å². The number of anilines is 1. The van der Waals surface area contributed by atoms with E-state index in [1.54, 1.807) is 48.5 Å². The molecule has 0 fully saturated rings. The molecule has 2 amide bonds. The van der Waals surface area contributed by atoms with Gasteiger partial charge in [0.15, 0.2) is 5.11 Å². The molecule has 2 rings (SSSR count). The van der Waals surface area contributed by atoms with Crippen LogP contribution >= 0.6 is 12.2 Å². The molecule has 0 saturated carbocycles. The third kappa shape index (κ3) is 7.46. The Kier molecular flexibility index (Phi) is 9.24. The van der Waals surface area contributed by atoms with Crippen LogP contribution in [0.15, 0.2) is 48.5 Å². The van der Waals surface area contributed by atoms with E-state index in [0.717, 1.165) is 6.42 Å². The van der Waals surface area contributed by atoms with Gasteiger partial charge in [0.25, 0.3) is 11.8 Å². The van der Waals surface area contributed by atoms with Gasteiger partial charge in [0, 0.05) is 12.1 Å². The average Bonchev–Trinajstić information content (AvgIpc) is 2.72. The number of hydrogen-bond donors (Lipinski definition) is 4. The number of aliphatic hydroxyl groups is 1. The second-order valence-corrected chi connectivity index (χ2v) is 7.40. The molecule has 0 aliphatic heterocycles. The Labute approximate surface area is 181 Å². The number of para-hydroxylation sites is 1. The number of carbonyl (C=O) groups is 2. The van der Waals surface area contributed by atoms with E-state index in [4.69, 9.17) is 22.1 Å². The van der Waals surface area contributed by atoms with E-state index in [9.17, 15) is 9.59 Å². The number of nitrogens with one attached hydrogen (secondary N) is 3. The number of amides is 2. The van der Waals surface area contributed by atoms with Gasteiger partial charge in [-0.15, -0.1) is 0 Å². The first-order valence-electron chi connectivity index (χ1n) is 9.74. The monoisotopic (exact) mass is 429 g/mol. The van der Waals surface area contributed by atoms with Crippen LogP contribution in [0.5, 0.6) is 5.75 Å². The van der Waals surface area contributed by atoms with Gasteiger partial charge in [-0.05, 0) is 61.0 Å². The molecule has 0 aliphatic carbocycles. The first-order valence-corrected chi connectivity index (χ1v) is 10.1. The molecule has 8 heteroatoms. The van der Waals surface area contributed by atoms with Gasteiger partial charge in [-0.1, -0.05) is 26.0 Å². The van der Waals surface area contributed by atoms with Crippen molar-refractivity contribution in [1.29, 1.82) is 0 Å². The summed E-state index contributed by atoms with van der Waals surface area (Å²) in [5.41, 5.74) is 1.24. The van der Waals surface area contributed by atoms with Crippen molar-refractivity contribution in [2.24, 2.45) is 5.92 Å². The van der Waals surface area contributed by atoms with Crippen LogP contribution in [0, 0.1) is 5.92 Å². The number of carbonyl (C=O) groups excluding carboxylic acids is 2. The lowest BCUT2D eigenvalue weighted by Gasteiger charge is -2.13. The van der Waals surface area contributed by atoms with Gasteiger partial charge < -0.3 is 20.5 Å². The van der Waals surface area contributed by atoms with Gasteiger partial charge in [0.2, 0.25) is 0 Å². The van der Waals surface area contributed by atoms with Gasteiger partial charge in [-0.25, -0.2) is 0 Å². The van der Waals surface area contributed by atoms with Crippen LogP contribution in [0.3, 0.4) is 0 Å². The molecule has 0 aliphatic rings. The van der Waals surface area contributed by atoms with Crippen LogP contribution in [0.1, 0.15) is 41.0 Å². The maximum absolute atomic E-state index is 12.4. The molecule has 30 heavy (non-hydrogen) atoms. The van der Waals surface area contributed by atoms with Crippen LogP contribution in [0.2, 0.25) is 0 Å². The molecule has 2 aromatic rings. The lowest BCUT2D eigenvalue weighted by atomic mass is 10.1. The van der Waals surface area contributed by atoms with E-state index < -0.39 is 0 Å². The SMILES string of the molecule is CC(C)CCOc1ccc(C(=O)NC(=S)Nc2ccccc2C(=O)NCCO)cc1. The minimum Gasteiger partial charge on any atom is -0.494 e. The molecule has 0 radical (unpaired) electrons. The zero-order valence-electron chi connectivity index (χ0n) is 17.1. The summed E-state index contributed by atoms with van der Waals surface area (Å²) in [6, 6.07) is 13.6. The fraction of sp³-hybridized carbons (Fsp3) is 0.318. The zero-order chi connectivity index (χ0) is 21.9. The minimum absolute atomic E-state index is 0.0691. The third-order valence-corrected chi connectivity index (χ3v) is 4.33. The van der Waals surface area contributed by atoms with E-state index in [1.807, 2.05) is 0 Å². The molecule has 0 spiro atoms. The standard InChI is InChI=1S/C22H27N3O4S/c1-15(2)11-14-29-17-9-7-16(8-10-17)20(27)25-22(30)24-19-6-4-3-5-18(19)21(28)23-12-13-26/h3-10,15,26H,11-14H2,1-2H3,(H,23,28)(H2,24,25,27,30). The highest BCUT2D eigenvalue weighted by molar-refractivity contribution is 7.80. The van der Waals surface area contributed by atoms with Gasteiger partial charge in [0.05, 0.1) is 24.5 Å². The summed E-state index contributed by atoms with van der Waals surface area (Å²) in [6.07, 6.45) is 0.960. The summed E-state index contributed by atoms with van der Waals surface area (Å²) >= 11 is 5.21. The highest BCUT2D eigenvalue weighted by atomic mass is 32.1. The molecule has 7 nitrogen and oxygen atoms in total. The number of rotatable bonds is 9. The normalized spacial score (nSPS) is 10.4. The van der Waals surface area contributed by atoms with Crippen LogP contribution in [0.4, 0.5) is 5.69 Å². The largest absolute Gasteiger partial charge is 0.494 e. The molecule has 160 valence electrons. The second-order valence-electron chi connectivity index (χ2n) is 6.99. The zero-order valence-corrected chi connectivity index (χ0v) is 17.9. The summed E-state index contributed by atoms with van der Waals surface area (Å²) in [6.45, 7) is 4.88.